The Balaban J connectivity index is 2.16. The molecule has 1 atom stereocenters. The lowest BCUT2D eigenvalue weighted by Gasteiger charge is -2.23. The summed E-state index contributed by atoms with van der Waals surface area (Å²) in [5.74, 6) is -1.67. The molecule has 0 spiro atoms. The highest BCUT2D eigenvalue weighted by Crippen LogP contribution is 2.24. The molecule has 0 radical (unpaired) electrons. The van der Waals surface area contributed by atoms with Gasteiger partial charge in [0.15, 0.2) is 0 Å². The Morgan fingerprint density at radius 3 is 2.35 bits per heavy atom. The fourth-order valence-electron chi connectivity index (χ4n) is 2.29. The summed E-state index contributed by atoms with van der Waals surface area (Å²) in [7, 11) is -3.81. The number of sulfonamides is 1. The molecule has 0 saturated carbocycles. The third kappa shape index (κ3) is 5.15. The largest absolute Gasteiger partial charge is 0.348 e. The van der Waals surface area contributed by atoms with E-state index in [9.17, 15) is 22.0 Å². The van der Waals surface area contributed by atoms with Crippen LogP contribution < -0.4 is 9.62 Å². The van der Waals surface area contributed by atoms with Crippen LogP contribution >= 0.6 is 11.6 Å². The molecule has 2 aromatic rings. The molecule has 2 aromatic carbocycles. The van der Waals surface area contributed by atoms with E-state index in [2.05, 4.69) is 5.32 Å². The van der Waals surface area contributed by atoms with E-state index in [0.29, 0.717) is 5.56 Å². The van der Waals surface area contributed by atoms with Gasteiger partial charge in [0.1, 0.15) is 18.2 Å². The average Bonchev–Trinajstić information content (AvgIpc) is 2.55. The van der Waals surface area contributed by atoms with E-state index < -0.39 is 40.2 Å². The van der Waals surface area contributed by atoms with Crippen LogP contribution in [0, 0.1) is 11.6 Å². The van der Waals surface area contributed by atoms with Gasteiger partial charge in [0.25, 0.3) is 0 Å². The summed E-state index contributed by atoms with van der Waals surface area (Å²) >= 11 is 5.69. The van der Waals surface area contributed by atoms with Crippen LogP contribution in [0.25, 0.3) is 0 Å². The van der Waals surface area contributed by atoms with Crippen molar-refractivity contribution in [3.8, 4) is 0 Å². The summed E-state index contributed by atoms with van der Waals surface area (Å²) in [4.78, 5) is 12.3. The number of rotatable bonds is 6. The molecule has 0 aliphatic carbocycles. The van der Waals surface area contributed by atoms with Crippen molar-refractivity contribution in [3.63, 3.8) is 0 Å². The van der Waals surface area contributed by atoms with E-state index >= 15 is 0 Å². The van der Waals surface area contributed by atoms with E-state index in [1.54, 1.807) is 6.92 Å². The summed E-state index contributed by atoms with van der Waals surface area (Å²) in [6.45, 7) is 1.18. The molecular weight excluding hydrogens is 386 g/mol. The summed E-state index contributed by atoms with van der Waals surface area (Å²) in [6.07, 6.45) is 0.931. The van der Waals surface area contributed by atoms with Gasteiger partial charge in [-0.3, -0.25) is 9.10 Å². The molecule has 26 heavy (non-hydrogen) atoms. The molecule has 0 aliphatic rings. The van der Waals surface area contributed by atoms with Gasteiger partial charge in [0, 0.05) is 0 Å². The summed E-state index contributed by atoms with van der Waals surface area (Å²) in [5.41, 5.74) is 0.735. The standard InChI is InChI=1S/C17H17ClF2N2O3S/c1-11(12-3-5-13(19)6-4-12)21-17(23)10-22(26(2,24)25)14-7-8-16(20)15(18)9-14/h3-9,11H,10H2,1-2H3,(H,21,23)/t11-/m1/s1. The minimum Gasteiger partial charge on any atom is -0.348 e. The predicted molar refractivity (Wildman–Crippen MR) is 96.6 cm³/mol. The van der Waals surface area contributed by atoms with Crippen molar-refractivity contribution in [1.82, 2.24) is 5.32 Å². The van der Waals surface area contributed by atoms with Crippen molar-refractivity contribution in [2.45, 2.75) is 13.0 Å². The molecule has 1 N–H and O–H groups in total. The first kappa shape index (κ1) is 20.1. The van der Waals surface area contributed by atoms with Crippen molar-refractivity contribution < 1.29 is 22.0 Å². The summed E-state index contributed by atoms with van der Waals surface area (Å²) in [6, 6.07) is 8.50. The van der Waals surface area contributed by atoms with Gasteiger partial charge < -0.3 is 5.32 Å². The van der Waals surface area contributed by atoms with E-state index in [4.69, 9.17) is 11.6 Å². The zero-order chi connectivity index (χ0) is 19.5. The lowest BCUT2D eigenvalue weighted by molar-refractivity contribution is -0.120. The maximum absolute atomic E-state index is 13.3. The molecule has 5 nitrogen and oxygen atoms in total. The van der Waals surface area contributed by atoms with Crippen LogP contribution in [0.1, 0.15) is 18.5 Å². The summed E-state index contributed by atoms with van der Waals surface area (Å²) < 4.78 is 51.1. The second kappa shape index (κ2) is 8.01. The number of benzene rings is 2. The molecule has 0 bridgehead atoms. The monoisotopic (exact) mass is 402 g/mol. The maximum Gasteiger partial charge on any atom is 0.241 e. The Bertz CT molecular complexity index is 905. The zero-order valence-electron chi connectivity index (χ0n) is 14.0. The van der Waals surface area contributed by atoms with Crippen LogP contribution in [0.15, 0.2) is 42.5 Å². The number of carbonyl (C=O) groups excluding carboxylic acids is 1. The minimum absolute atomic E-state index is 0.0727. The normalized spacial score (nSPS) is 12.5. The lowest BCUT2D eigenvalue weighted by atomic mass is 10.1. The van der Waals surface area contributed by atoms with Gasteiger partial charge in [-0.15, -0.1) is 0 Å². The second-order valence-corrected chi connectivity index (χ2v) is 8.02. The highest BCUT2D eigenvalue weighted by Gasteiger charge is 2.22. The van der Waals surface area contributed by atoms with Gasteiger partial charge in [0.2, 0.25) is 15.9 Å². The number of amides is 1. The Hall–Kier alpha value is -2.19. The topological polar surface area (TPSA) is 66.5 Å². The molecule has 0 heterocycles. The SMILES string of the molecule is C[C@@H](NC(=O)CN(c1ccc(F)c(Cl)c1)S(C)(=O)=O)c1ccc(F)cc1. The Kier molecular flexibility index (Phi) is 6.20. The molecular formula is C17H17ClF2N2O3S. The average molecular weight is 403 g/mol. The van der Waals surface area contributed by atoms with E-state index in [1.165, 1.54) is 30.3 Å². The number of hydrogen-bond donors (Lipinski definition) is 1. The highest BCUT2D eigenvalue weighted by atomic mass is 35.5. The molecule has 2 rings (SSSR count). The third-order valence-corrected chi connectivity index (χ3v) is 5.06. The summed E-state index contributed by atoms with van der Waals surface area (Å²) in [5, 5.41) is 2.39. The van der Waals surface area contributed by atoms with Crippen LogP contribution in [0.5, 0.6) is 0 Å². The molecule has 0 aliphatic heterocycles. The van der Waals surface area contributed by atoms with Crippen LogP contribution in [-0.2, 0) is 14.8 Å². The molecule has 0 aromatic heterocycles. The molecule has 0 saturated heterocycles. The van der Waals surface area contributed by atoms with Gasteiger partial charge >= 0.3 is 0 Å². The van der Waals surface area contributed by atoms with Crippen LogP contribution in [0.2, 0.25) is 5.02 Å². The molecule has 1 amide bonds. The first-order chi connectivity index (χ1) is 12.1. The predicted octanol–water partition coefficient (Wildman–Crippen LogP) is 3.26. The van der Waals surface area contributed by atoms with Gasteiger partial charge in [-0.2, -0.15) is 0 Å². The number of anilines is 1. The fourth-order valence-corrected chi connectivity index (χ4v) is 3.32. The van der Waals surface area contributed by atoms with E-state index in [1.807, 2.05) is 0 Å². The highest BCUT2D eigenvalue weighted by molar-refractivity contribution is 7.92. The first-order valence-corrected chi connectivity index (χ1v) is 9.78. The second-order valence-electron chi connectivity index (χ2n) is 5.71. The first-order valence-electron chi connectivity index (χ1n) is 7.55. The van der Waals surface area contributed by atoms with Crippen LogP contribution in [0.4, 0.5) is 14.5 Å². The Morgan fingerprint density at radius 1 is 1.19 bits per heavy atom. The molecule has 0 fully saturated rings. The van der Waals surface area contributed by atoms with E-state index in [-0.39, 0.29) is 10.7 Å². The van der Waals surface area contributed by atoms with Crippen molar-refractivity contribution >= 4 is 33.2 Å². The van der Waals surface area contributed by atoms with Crippen molar-refractivity contribution in [2.75, 3.05) is 17.1 Å². The molecule has 140 valence electrons. The van der Waals surface area contributed by atoms with E-state index in [0.717, 1.165) is 22.7 Å². The smallest absolute Gasteiger partial charge is 0.241 e. The zero-order valence-corrected chi connectivity index (χ0v) is 15.6. The van der Waals surface area contributed by atoms with Crippen LogP contribution in [0.3, 0.4) is 0 Å². The quantitative estimate of drug-likeness (QED) is 0.806. The Labute approximate surface area is 155 Å². The number of hydrogen-bond acceptors (Lipinski definition) is 3. The van der Waals surface area contributed by atoms with Gasteiger partial charge in [0.05, 0.1) is 23.0 Å². The van der Waals surface area contributed by atoms with Gasteiger partial charge in [-0.25, -0.2) is 17.2 Å². The van der Waals surface area contributed by atoms with Gasteiger partial charge in [-0.05, 0) is 42.8 Å². The minimum atomic E-state index is -3.81. The number of nitrogens with zero attached hydrogens (tertiary/aromatic N) is 1. The van der Waals surface area contributed by atoms with Crippen molar-refractivity contribution in [3.05, 3.63) is 64.7 Å². The van der Waals surface area contributed by atoms with Crippen molar-refractivity contribution in [2.24, 2.45) is 0 Å². The van der Waals surface area contributed by atoms with Gasteiger partial charge in [-0.1, -0.05) is 23.7 Å². The maximum atomic E-state index is 13.3. The Morgan fingerprint density at radius 2 is 1.81 bits per heavy atom. The lowest BCUT2D eigenvalue weighted by Crippen LogP contribution is -2.41. The van der Waals surface area contributed by atoms with Crippen molar-refractivity contribution in [1.29, 1.82) is 0 Å². The third-order valence-electron chi connectivity index (χ3n) is 3.63. The number of nitrogens with one attached hydrogen (secondary N) is 1. The number of carbonyl (C=O) groups is 1. The number of halogens is 3. The molecule has 9 heteroatoms. The fraction of sp³-hybridized carbons (Fsp3) is 0.235. The molecule has 0 unspecified atom stereocenters. The van der Waals surface area contributed by atoms with Crippen LogP contribution in [-0.4, -0.2) is 27.1 Å².